The first-order valence-electron chi connectivity index (χ1n) is 9.58. The minimum absolute atomic E-state index is 0. The molecule has 7 heteroatoms. The highest BCUT2D eigenvalue weighted by Gasteiger charge is 2.29. The molecular weight excluding hydrogens is 500 g/mol. The Morgan fingerprint density at radius 1 is 1.17 bits per heavy atom. The fraction of sp³-hybridized carbons (Fsp3) is 0.409. The molecule has 3 rings (SSSR count). The van der Waals surface area contributed by atoms with Crippen LogP contribution in [0.2, 0.25) is 0 Å². The van der Waals surface area contributed by atoms with E-state index in [0.29, 0.717) is 12.5 Å². The van der Waals surface area contributed by atoms with Gasteiger partial charge in [-0.2, -0.15) is 11.8 Å². The van der Waals surface area contributed by atoms with E-state index in [0.717, 1.165) is 42.4 Å². The zero-order chi connectivity index (χ0) is 19.8. The Hall–Kier alpha value is -1.32. The molecule has 1 fully saturated rings. The lowest BCUT2D eigenvalue weighted by Crippen LogP contribution is -2.40. The number of hydrogen-bond acceptors (Lipinski definition) is 3. The number of rotatable bonds is 7. The van der Waals surface area contributed by atoms with Crippen LogP contribution in [0.4, 0.5) is 4.39 Å². The van der Waals surface area contributed by atoms with E-state index in [1.807, 2.05) is 18.4 Å². The molecule has 0 amide bonds. The monoisotopic (exact) mass is 529 g/mol. The van der Waals surface area contributed by atoms with Crippen molar-refractivity contribution in [2.75, 3.05) is 26.5 Å². The summed E-state index contributed by atoms with van der Waals surface area (Å²) < 4.78 is 19.5. The van der Waals surface area contributed by atoms with Gasteiger partial charge in [-0.25, -0.2) is 4.39 Å². The second-order valence-corrected chi connectivity index (χ2v) is 7.77. The van der Waals surface area contributed by atoms with E-state index in [2.05, 4.69) is 39.9 Å². The van der Waals surface area contributed by atoms with E-state index in [1.165, 1.54) is 11.6 Å². The van der Waals surface area contributed by atoms with E-state index in [-0.39, 0.29) is 35.9 Å². The zero-order valence-electron chi connectivity index (χ0n) is 16.9. The number of halogens is 2. The number of ether oxygens (including phenoxy) is 1. The van der Waals surface area contributed by atoms with E-state index in [9.17, 15) is 4.39 Å². The van der Waals surface area contributed by atoms with Crippen LogP contribution in [0, 0.1) is 11.7 Å². The van der Waals surface area contributed by atoms with Gasteiger partial charge in [-0.05, 0) is 41.5 Å². The van der Waals surface area contributed by atoms with Crippen LogP contribution >= 0.6 is 35.7 Å². The summed E-state index contributed by atoms with van der Waals surface area (Å²) in [6.07, 6.45) is 3.17. The number of thioether (sulfide) groups is 1. The molecular formula is C22H29FIN3OS. The van der Waals surface area contributed by atoms with E-state index in [4.69, 9.17) is 4.74 Å². The van der Waals surface area contributed by atoms with Crippen molar-refractivity contribution in [1.82, 2.24) is 10.6 Å². The Kier molecular flexibility index (Phi) is 10.2. The normalized spacial score (nSPS) is 18.9. The van der Waals surface area contributed by atoms with Crippen LogP contribution in [0.15, 0.2) is 53.5 Å². The van der Waals surface area contributed by atoms with Gasteiger partial charge in [-0.1, -0.05) is 36.4 Å². The maximum Gasteiger partial charge on any atom is 0.191 e. The first-order chi connectivity index (χ1) is 13.7. The molecule has 0 aliphatic carbocycles. The molecule has 158 valence electrons. The standard InChI is InChI=1S/C22H28FN3OS.HI/c1-24-22(25-13-17-8-9-20(23)12-19(17)15-28-2)26-14-18-10-11-27-21(18)16-6-4-3-5-7-16;/h3-9,12,18,21H,10-11,13-15H2,1-2H3,(H2,24,25,26);1H. The summed E-state index contributed by atoms with van der Waals surface area (Å²) in [5.74, 6) is 1.75. The Morgan fingerprint density at radius 3 is 2.69 bits per heavy atom. The van der Waals surface area contributed by atoms with Crippen LogP contribution < -0.4 is 10.6 Å². The summed E-state index contributed by atoms with van der Waals surface area (Å²) in [6, 6.07) is 15.3. The molecule has 0 aromatic heterocycles. The Balaban J connectivity index is 0.00000300. The lowest BCUT2D eigenvalue weighted by Gasteiger charge is -2.21. The van der Waals surface area contributed by atoms with Gasteiger partial charge >= 0.3 is 0 Å². The molecule has 0 spiro atoms. The summed E-state index contributed by atoms with van der Waals surface area (Å²) >= 11 is 1.69. The number of benzene rings is 2. The molecule has 1 heterocycles. The molecule has 2 unspecified atom stereocenters. The minimum atomic E-state index is -0.191. The zero-order valence-corrected chi connectivity index (χ0v) is 20.0. The summed E-state index contributed by atoms with van der Waals surface area (Å²) in [4.78, 5) is 4.33. The Morgan fingerprint density at radius 2 is 1.97 bits per heavy atom. The fourth-order valence-electron chi connectivity index (χ4n) is 3.54. The van der Waals surface area contributed by atoms with Gasteiger partial charge in [0.05, 0.1) is 6.10 Å². The molecule has 0 radical (unpaired) electrons. The average molecular weight is 529 g/mol. The summed E-state index contributed by atoms with van der Waals surface area (Å²) in [5, 5.41) is 6.77. The van der Waals surface area contributed by atoms with E-state index < -0.39 is 0 Å². The first-order valence-corrected chi connectivity index (χ1v) is 11.0. The number of aliphatic imine (C=N–C) groups is 1. The van der Waals surface area contributed by atoms with Crippen molar-refractivity contribution in [3.63, 3.8) is 0 Å². The highest BCUT2D eigenvalue weighted by atomic mass is 127. The maximum absolute atomic E-state index is 13.5. The second kappa shape index (κ2) is 12.4. The first kappa shape index (κ1) is 24.0. The minimum Gasteiger partial charge on any atom is -0.373 e. The average Bonchev–Trinajstić information content (AvgIpc) is 3.19. The molecule has 0 bridgehead atoms. The highest BCUT2D eigenvalue weighted by molar-refractivity contribution is 14.0. The molecule has 29 heavy (non-hydrogen) atoms. The van der Waals surface area contributed by atoms with Gasteiger partial charge in [0, 0.05) is 38.4 Å². The number of nitrogens with one attached hydrogen (secondary N) is 2. The van der Waals surface area contributed by atoms with Gasteiger partial charge in [0.15, 0.2) is 5.96 Å². The molecule has 2 N–H and O–H groups in total. The largest absolute Gasteiger partial charge is 0.373 e. The molecule has 2 aromatic carbocycles. The Labute approximate surface area is 194 Å². The number of hydrogen-bond donors (Lipinski definition) is 2. The van der Waals surface area contributed by atoms with Gasteiger partial charge < -0.3 is 15.4 Å². The summed E-state index contributed by atoms with van der Waals surface area (Å²) in [7, 11) is 1.77. The number of guanidine groups is 1. The quantitative estimate of drug-likeness (QED) is 0.309. The van der Waals surface area contributed by atoms with E-state index in [1.54, 1.807) is 24.9 Å². The smallest absolute Gasteiger partial charge is 0.191 e. The third-order valence-electron chi connectivity index (χ3n) is 5.01. The summed E-state index contributed by atoms with van der Waals surface area (Å²) in [6.45, 7) is 2.19. The topological polar surface area (TPSA) is 45.7 Å². The third-order valence-corrected chi connectivity index (χ3v) is 5.61. The van der Waals surface area contributed by atoms with Crippen molar-refractivity contribution >= 4 is 41.7 Å². The lowest BCUT2D eigenvalue weighted by atomic mass is 9.95. The SMILES string of the molecule is CN=C(NCc1ccc(F)cc1CSC)NCC1CCOC1c1ccccc1.I. The Bertz CT molecular complexity index is 791. The van der Waals surface area contributed by atoms with Crippen LogP contribution in [-0.4, -0.2) is 32.4 Å². The van der Waals surface area contributed by atoms with Crippen molar-refractivity contribution < 1.29 is 9.13 Å². The van der Waals surface area contributed by atoms with Crippen LogP contribution in [-0.2, 0) is 17.0 Å². The molecule has 1 saturated heterocycles. The van der Waals surface area contributed by atoms with Crippen molar-refractivity contribution in [1.29, 1.82) is 0 Å². The second-order valence-electron chi connectivity index (χ2n) is 6.90. The number of nitrogens with zero attached hydrogens (tertiary/aromatic N) is 1. The highest BCUT2D eigenvalue weighted by Crippen LogP contribution is 2.33. The third kappa shape index (κ3) is 6.86. The van der Waals surface area contributed by atoms with Gasteiger partial charge in [-0.15, -0.1) is 24.0 Å². The van der Waals surface area contributed by atoms with Crippen molar-refractivity contribution in [2.24, 2.45) is 10.9 Å². The molecule has 0 saturated carbocycles. The lowest BCUT2D eigenvalue weighted by molar-refractivity contribution is 0.0915. The molecule has 4 nitrogen and oxygen atoms in total. The predicted molar refractivity (Wildman–Crippen MR) is 130 cm³/mol. The van der Waals surface area contributed by atoms with Crippen LogP contribution in [0.3, 0.4) is 0 Å². The maximum atomic E-state index is 13.5. The van der Waals surface area contributed by atoms with Crippen LogP contribution in [0.1, 0.15) is 29.2 Å². The van der Waals surface area contributed by atoms with Crippen molar-refractivity contribution in [2.45, 2.75) is 24.8 Å². The molecule has 2 aromatic rings. The van der Waals surface area contributed by atoms with Crippen molar-refractivity contribution in [3.05, 3.63) is 71.0 Å². The van der Waals surface area contributed by atoms with Gasteiger partial charge in [0.1, 0.15) is 5.82 Å². The molecule has 1 aliphatic rings. The summed E-state index contributed by atoms with van der Waals surface area (Å²) in [5.41, 5.74) is 3.33. The van der Waals surface area contributed by atoms with E-state index >= 15 is 0 Å². The predicted octanol–water partition coefficient (Wildman–Crippen LogP) is 4.75. The van der Waals surface area contributed by atoms with Gasteiger partial charge in [0.2, 0.25) is 0 Å². The fourth-order valence-corrected chi connectivity index (χ4v) is 4.12. The van der Waals surface area contributed by atoms with Gasteiger partial charge in [0.25, 0.3) is 0 Å². The molecule has 2 atom stereocenters. The van der Waals surface area contributed by atoms with Crippen molar-refractivity contribution in [3.8, 4) is 0 Å². The van der Waals surface area contributed by atoms with Crippen LogP contribution in [0.5, 0.6) is 0 Å². The van der Waals surface area contributed by atoms with Crippen LogP contribution in [0.25, 0.3) is 0 Å². The van der Waals surface area contributed by atoms with Gasteiger partial charge in [-0.3, -0.25) is 4.99 Å². The molecule has 1 aliphatic heterocycles.